The van der Waals surface area contributed by atoms with Crippen LogP contribution in [0.4, 0.5) is 0 Å². The first kappa shape index (κ1) is 27.8. The van der Waals surface area contributed by atoms with Gasteiger partial charge in [0.05, 0.1) is 24.4 Å². The molecule has 2 rings (SSSR count). The van der Waals surface area contributed by atoms with Crippen LogP contribution in [0.2, 0.25) is 0 Å². The Hall–Kier alpha value is -0.440. The van der Waals surface area contributed by atoms with Gasteiger partial charge in [0.1, 0.15) is 48.8 Å². The fourth-order valence-electron chi connectivity index (χ4n) is 3.58. The Kier molecular flexibility index (Phi) is 9.45. The average molecular weight is 469 g/mol. The summed E-state index contributed by atoms with van der Waals surface area (Å²) in [6, 6.07) is 0. The molecule has 0 aromatic carbocycles. The van der Waals surface area contributed by atoms with Crippen molar-refractivity contribution in [2.45, 2.75) is 121 Å². The highest BCUT2D eigenvalue weighted by molar-refractivity contribution is 4.95. The summed E-state index contributed by atoms with van der Waals surface area (Å²) in [7, 11) is 0. The molecule has 0 aliphatic carbocycles. The van der Waals surface area contributed by atoms with Gasteiger partial charge >= 0.3 is 0 Å². The first-order valence-electron chi connectivity index (χ1n) is 11.0. The van der Waals surface area contributed by atoms with E-state index in [2.05, 4.69) is 0 Å². The lowest BCUT2D eigenvalue weighted by atomic mass is 9.95. The first-order chi connectivity index (χ1) is 14.7. The van der Waals surface area contributed by atoms with E-state index in [1.807, 2.05) is 20.8 Å². The number of rotatable bonds is 8. The molecule has 32 heavy (non-hydrogen) atoms. The van der Waals surface area contributed by atoms with E-state index in [1.54, 1.807) is 20.8 Å². The zero-order valence-electron chi connectivity index (χ0n) is 19.6. The molecule has 0 radical (unpaired) electrons. The fraction of sp³-hybridized carbons (Fsp3) is 1.00. The van der Waals surface area contributed by atoms with Crippen molar-refractivity contribution in [3.8, 4) is 0 Å². The third-order valence-corrected chi connectivity index (χ3v) is 5.71. The summed E-state index contributed by atoms with van der Waals surface area (Å²) >= 11 is 0. The van der Waals surface area contributed by atoms with Crippen LogP contribution in [0.25, 0.3) is 0 Å². The van der Waals surface area contributed by atoms with Crippen molar-refractivity contribution in [2.24, 2.45) is 0 Å². The number of aliphatic hydroxyl groups is 6. The molecule has 190 valence electrons. The Morgan fingerprint density at radius 3 is 1.66 bits per heavy atom. The molecule has 2 aliphatic heterocycles. The lowest BCUT2D eigenvalue weighted by Gasteiger charge is -2.48. The summed E-state index contributed by atoms with van der Waals surface area (Å²) in [6.45, 7) is 9.64. The smallest absolute Gasteiger partial charge is 0.187 e. The normalized spacial score (nSPS) is 41.6. The van der Waals surface area contributed by atoms with Crippen LogP contribution < -0.4 is 0 Å². The van der Waals surface area contributed by atoms with Gasteiger partial charge in [-0.05, 0) is 41.0 Å². The van der Waals surface area contributed by atoms with Crippen LogP contribution in [0.15, 0.2) is 0 Å². The van der Waals surface area contributed by atoms with Gasteiger partial charge in [0.15, 0.2) is 12.6 Å². The van der Waals surface area contributed by atoms with E-state index in [9.17, 15) is 30.6 Å². The molecule has 2 heterocycles. The molecule has 0 saturated carbocycles. The molecule has 0 bridgehead atoms. The van der Waals surface area contributed by atoms with Gasteiger partial charge in [-0.15, -0.1) is 0 Å². The number of hydrogen-bond donors (Lipinski definition) is 6. The number of aliphatic hydroxyl groups excluding tert-OH is 6. The summed E-state index contributed by atoms with van der Waals surface area (Å²) in [6.07, 6.45) is -12.7. The van der Waals surface area contributed by atoms with E-state index in [4.69, 9.17) is 23.7 Å². The summed E-state index contributed by atoms with van der Waals surface area (Å²) < 4.78 is 28.4. The van der Waals surface area contributed by atoms with Crippen molar-refractivity contribution in [1.29, 1.82) is 0 Å². The van der Waals surface area contributed by atoms with Gasteiger partial charge in [0, 0.05) is 0 Å². The quantitative estimate of drug-likeness (QED) is 0.249. The monoisotopic (exact) mass is 468 g/mol. The molecule has 0 spiro atoms. The van der Waals surface area contributed by atoms with E-state index in [0.29, 0.717) is 6.42 Å². The van der Waals surface area contributed by atoms with Crippen molar-refractivity contribution >= 4 is 0 Å². The molecule has 11 nitrogen and oxygen atoms in total. The summed E-state index contributed by atoms with van der Waals surface area (Å²) in [5.74, 6) is 0. The van der Waals surface area contributed by atoms with Gasteiger partial charge in [0.25, 0.3) is 0 Å². The third kappa shape index (κ3) is 6.57. The van der Waals surface area contributed by atoms with Crippen molar-refractivity contribution in [3.63, 3.8) is 0 Å². The Balaban J connectivity index is 2.15. The van der Waals surface area contributed by atoms with E-state index >= 15 is 0 Å². The summed E-state index contributed by atoms with van der Waals surface area (Å²) in [4.78, 5) is 0. The maximum Gasteiger partial charge on any atom is 0.187 e. The highest BCUT2D eigenvalue weighted by Crippen LogP contribution is 2.33. The van der Waals surface area contributed by atoms with Crippen LogP contribution in [-0.2, 0) is 23.7 Å². The van der Waals surface area contributed by atoms with Crippen LogP contribution in [0, 0.1) is 0 Å². The SMILES string of the molecule is CCC(C)(C)OC1C(CO)OC(OC2C(CO)OC(OC(C)(C)C)C(O)C2O)C(O)C1O. The summed E-state index contributed by atoms with van der Waals surface area (Å²) in [5, 5.41) is 61.9. The molecule has 0 amide bonds. The van der Waals surface area contributed by atoms with E-state index in [-0.39, 0.29) is 0 Å². The summed E-state index contributed by atoms with van der Waals surface area (Å²) in [5.41, 5.74) is -1.33. The molecule has 10 atom stereocenters. The largest absolute Gasteiger partial charge is 0.394 e. The van der Waals surface area contributed by atoms with Crippen molar-refractivity contribution in [2.75, 3.05) is 13.2 Å². The minimum Gasteiger partial charge on any atom is -0.394 e. The topological polar surface area (TPSA) is 168 Å². The zero-order valence-corrected chi connectivity index (χ0v) is 19.6. The number of ether oxygens (including phenoxy) is 5. The maximum absolute atomic E-state index is 10.6. The lowest BCUT2D eigenvalue weighted by molar-refractivity contribution is -0.370. The molecular weight excluding hydrogens is 428 g/mol. The predicted molar refractivity (Wildman–Crippen MR) is 110 cm³/mol. The van der Waals surface area contributed by atoms with Gasteiger partial charge in [-0.3, -0.25) is 0 Å². The maximum atomic E-state index is 10.6. The Morgan fingerprint density at radius 1 is 0.688 bits per heavy atom. The molecule has 6 N–H and O–H groups in total. The Bertz CT molecular complexity index is 577. The van der Waals surface area contributed by atoms with Gasteiger partial charge in [-0.2, -0.15) is 0 Å². The Labute approximate surface area is 188 Å². The minimum absolute atomic E-state index is 0.522. The molecule has 0 aromatic heterocycles. The van der Waals surface area contributed by atoms with Crippen LogP contribution in [0.3, 0.4) is 0 Å². The molecule has 11 heteroatoms. The average Bonchev–Trinajstić information content (AvgIpc) is 2.71. The standard InChI is InChI=1S/C21H40O11/c1-7-21(5,6)31-17-11(9-23)28-18(14(26)13(17)25)30-16-10(8-22)29-19(15(27)12(16)24)32-20(2,3)4/h10-19,22-27H,7-9H2,1-6H3. The molecular formula is C21H40O11. The molecule has 2 fully saturated rings. The van der Waals surface area contributed by atoms with E-state index < -0.39 is 85.8 Å². The number of hydrogen-bond acceptors (Lipinski definition) is 11. The van der Waals surface area contributed by atoms with Gasteiger partial charge in [-0.25, -0.2) is 0 Å². The predicted octanol–water partition coefficient (Wildman–Crippen LogP) is -1.36. The highest BCUT2D eigenvalue weighted by Gasteiger charge is 2.52. The van der Waals surface area contributed by atoms with Crippen LogP contribution in [0.5, 0.6) is 0 Å². The second-order valence-corrected chi connectivity index (χ2v) is 9.94. The zero-order chi connectivity index (χ0) is 24.4. The van der Waals surface area contributed by atoms with Crippen molar-refractivity contribution < 1.29 is 54.3 Å². The molecule has 10 unspecified atom stereocenters. The van der Waals surface area contributed by atoms with Crippen LogP contribution in [0.1, 0.15) is 48.0 Å². The van der Waals surface area contributed by atoms with E-state index in [0.717, 1.165) is 0 Å². The lowest BCUT2D eigenvalue weighted by Crippen LogP contribution is -2.65. The van der Waals surface area contributed by atoms with Gasteiger partial charge in [-0.1, -0.05) is 6.92 Å². The Morgan fingerprint density at radius 2 is 1.16 bits per heavy atom. The fourth-order valence-corrected chi connectivity index (χ4v) is 3.58. The third-order valence-electron chi connectivity index (χ3n) is 5.71. The second kappa shape index (κ2) is 10.9. The molecule has 0 aromatic rings. The van der Waals surface area contributed by atoms with Crippen LogP contribution in [-0.4, -0.2) is 116 Å². The highest BCUT2D eigenvalue weighted by atomic mass is 16.7. The van der Waals surface area contributed by atoms with E-state index in [1.165, 1.54) is 0 Å². The minimum atomic E-state index is -1.59. The van der Waals surface area contributed by atoms with Gasteiger partial charge < -0.3 is 54.3 Å². The van der Waals surface area contributed by atoms with Crippen LogP contribution >= 0.6 is 0 Å². The van der Waals surface area contributed by atoms with Crippen molar-refractivity contribution in [3.05, 3.63) is 0 Å². The molecule has 2 aliphatic rings. The van der Waals surface area contributed by atoms with Gasteiger partial charge in [0.2, 0.25) is 0 Å². The first-order valence-corrected chi connectivity index (χ1v) is 11.0. The molecule has 2 saturated heterocycles. The van der Waals surface area contributed by atoms with Crippen molar-refractivity contribution in [1.82, 2.24) is 0 Å². The second-order valence-electron chi connectivity index (χ2n) is 9.94.